The summed E-state index contributed by atoms with van der Waals surface area (Å²) >= 11 is 11.8. The minimum absolute atomic E-state index is 0.171. The number of rotatable bonds is 2. The van der Waals surface area contributed by atoms with Crippen LogP contribution in [0.15, 0.2) is 30.6 Å². The highest BCUT2D eigenvalue weighted by molar-refractivity contribution is 6.36. The molecule has 0 saturated heterocycles. The maximum Gasteiger partial charge on any atom is 0.147 e. The molecule has 5 heteroatoms. The van der Waals surface area contributed by atoms with E-state index in [-0.39, 0.29) is 5.56 Å². The van der Waals surface area contributed by atoms with E-state index in [4.69, 9.17) is 28.3 Å². The Kier molecular flexibility index (Phi) is 3.62. The number of nitrogens with zero attached hydrogens (tertiary/aromatic N) is 1. The summed E-state index contributed by atoms with van der Waals surface area (Å²) in [5.41, 5.74) is 1.23. The van der Waals surface area contributed by atoms with Gasteiger partial charge in [0.05, 0.1) is 12.8 Å². The summed E-state index contributed by atoms with van der Waals surface area (Å²) in [6.45, 7) is -0.414. The van der Waals surface area contributed by atoms with Crippen molar-refractivity contribution in [2.24, 2.45) is 0 Å². The van der Waals surface area contributed by atoms with Gasteiger partial charge < -0.3 is 5.11 Å². The standard InChI is InChI=1S/C12H8Cl2FNO/c13-7-1-2-8(11(14)3-7)9-4-16-5-12(15)10(9)6-17/h1-5,17H,6H2. The fraction of sp³-hybridized carbons (Fsp3) is 0.0833. The molecule has 0 aliphatic carbocycles. The zero-order valence-corrected chi connectivity index (χ0v) is 10.1. The molecule has 1 aromatic heterocycles. The van der Waals surface area contributed by atoms with E-state index >= 15 is 0 Å². The second-order valence-corrected chi connectivity index (χ2v) is 4.27. The van der Waals surface area contributed by atoms with Crippen molar-refractivity contribution in [2.45, 2.75) is 6.61 Å². The third-order valence-corrected chi connectivity index (χ3v) is 2.93. The SMILES string of the molecule is OCc1c(F)cncc1-c1ccc(Cl)cc1Cl. The molecule has 0 atom stereocenters. The number of aliphatic hydroxyl groups is 1. The van der Waals surface area contributed by atoms with Crippen LogP contribution in [0.1, 0.15) is 5.56 Å². The molecule has 2 rings (SSSR count). The highest BCUT2D eigenvalue weighted by Gasteiger charge is 2.12. The number of aromatic nitrogens is 1. The number of benzene rings is 1. The molecule has 1 heterocycles. The predicted molar refractivity (Wildman–Crippen MR) is 65.6 cm³/mol. The molecule has 0 saturated carbocycles. The summed E-state index contributed by atoms with van der Waals surface area (Å²) < 4.78 is 13.5. The Bertz CT molecular complexity index is 560. The molecule has 0 aliphatic heterocycles. The molecule has 0 unspecified atom stereocenters. The molecule has 0 amide bonds. The monoisotopic (exact) mass is 271 g/mol. The van der Waals surface area contributed by atoms with Crippen LogP contribution in [0.2, 0.25) is 10.0 Å². The van der Waals surface area contributed by atoms with E-state index in [0.29, 0.717) is 21.2 Å². The van der Waals surface area contributed by atoms with Gasteiger partial charge in [-0.2, -0.15) is 0 Å². The van der Waals surface area contributed by atoms with Crippen LogP contribution in [-0.4, -0.2) is 10.1 Å². The van der Waals surface area contributed by atoms with E-state index in [9.17, 15) is 4.39 Å². The second-order valence-electron chi connectivity index (χ2n) is 3.43. The maximum atomic E-state index is 13.5. The first-order valence-electron chi connectivity index (χ1n) is 4.82. The van der Waals surface area contributed by atoms with E-state index in [1.807, 2.05) is 0 Å². The number of halogens is 3. The molecular weight excluding hydrogens is 264 g/mol. The Hall–Kier alpha value is -1.16. The van der Waals surface area contributed by atoms with Crippen LogP contribution < -0.4 is 0 Å². The molecule has 0 radical (unpaired) electrons. The van der Waals surface area contributed by atoms with Crippen molar-refractivity contribution >= 4 is 23.2 Å². The van der Waals surface area contributed by atoms with Crippen LogP contribution in [-0.2, 0) is 6.61 Å². The molecule has 88 valence electrons. The Morgan fingerprint density at radius 2 is 1.94 bits per heavy atom. The molecule has 1 N–H and O–H groups in total. The predicted octanol–water partition coefficient (Wildman–Crippen LogP) is 3.69. The van der Waals surface area contributed by atoms with E-state index in [0.717, 1.165) is 6.20 Å². The van der Waals surface area contributed by atoms with Crippen molar-refractivity contribution in [2.75, 3.05) is 0 Å². The minimum atomic E-state index is -0.559. The third-order valence-electron chi connectivity index (χ3n) is 2.38. The first-order chi connectivity index (χ1) is 8.13. The molecule has 0 spiro atoms. The number of aliphatic hydroxyl groups excluding tert-OH is 1. The van der Waals surface area contributed by atoms with E-state index < -0.39 is 12.4 Å². The molecule has 17 heavy (non-hydrogen) atoms. The Labute approximate surface area is 108 Å². The zero-order chi connectivity index (χ0) is 12.4. The van der Waals surface area contributed by atoms with Gasteiger partial charge in [0, 0.05) is 32.9 Å². The van der Waals surface area contributed by atoms with Gasteiger partial charge in [0.1, 0.15) is 5.82 Å². The Balaban J connectivity index is 2.64. The van der Waals surface area contributed by atoms with Crippen LogP contribution in [0.3, 0.4) is 0 Å². The van der Waals surface area contributed by atoms with Gasteiger partial charge in [-0.25, -0.2) is 4.39 Å². The van der Waals surface area contributed by atoms with Crippen molar-refractivity contribution in [1.82, 2.24) is 4.98 Å². The van der Waals surface area contributed by atoms with Gasteiger partial charge in [-0.15, -0.1) is 0 Å². The Morgan fingerprint density at radius 1 is 1.18 bits per heavy atom. The largest absolute Gasteiger partial charge is 0.392 e. The number of hydrogen-bond acceptors (Lipinski definition) is 2. The quantitative estimate of drug-likeness (QED) is 0.904. The van der Waals surface area contributed by atoms with Crippen molar-refractivity contribution in [3.8, 4) is 11.1 Å². The first-order valence-corrected chi connectivity index (χ1v) is 5.57. The average Bonchev–Trinajstić information content (AvgIpc) is 2.29. The first kappa shape index (κ1) is 12.3. The van der Waals surface area contributed by atoms with Crippen molar-refractivity contribution in [3.63, 3.8) is 0 Å². The van der Waals surface area contributed by atoms with Crippen LogP contribution in [0, 0.1) is 5.82 Å². The van der Waals surface area contributed by atoms with Crippen LogP contribution in [0.4, 0.5) is 4.39 Å². The van der Waals surface area contributed by atoms with Gasteiger partial charge in [-0.05, 0) is 12.1 Å². The minimum Gasteiger partial charge on any atom is -0.392 e. The van der Waals surface area contributed by atoms with E-state index in [2.05, 4.69) is 4.98 Å². The lowest BCUT2D eigenvalue weighted by atomic mass is 10.0. The molecule has 0 aliphatic rings. The fourth-order valence-electron chi connectivity index (χ4n) is 1.56. The summed E-state index contributed by atoms with van der Waals surface area (Å²) in [4.78, 5) is 3.76. The van der Waals surface area contributed by atoms with E-state index in [1.165, 1.54) is 6.20 Å². The van der Waals surface area contributed by atoms with Gasteiger partial charge in [0.25, 0.3) is 0 Å². The number of hydrogen-bond donors (Lipinski definition) is 1. The highest BCUT2D eigenvalue weighted by atomic mass is 35.5. The maximum absolute atomic E-state index is 13.5. The van der Waals surface area contributed by atoms with Gasteiger partial charge in [0.2, 0.25) is 0 Å². The summed E-state index contributed by atoms with van der Waals surface area (Å²) in [6.07, 6.45) is 2.52. The third kappa shape index (κ3) is 2.41. The zero-order valence-electron chi connectivity index (χ0n) is 8.62. The van der Waals surface area contributed by atoms with Gasteiger partial charge in [0.15, 0.2) is 0 Å². The topological polar surface area (TPSA) is 33.1 Å². The molecule has 0 bridgehead atoms. The van der Waals surface area contributed by atoms with Gasteiger partial charge in [-0.3, -0.25) is 4.98 Å². The van der Waals surface area contributed by atoms with Crippen molar-refractivity contribution in [1.29, 1.82) is 0 Å². The van der Waals surface area contributed by atoms with E-state index in [1.54, 1.807) is 18.2 Å². The molecule has 1 aromatic carbocycles. The molecule has 0 fully saturated rings. The molecular formula is C12H8Cl2FNO. The lowest BCUT2D eigenvalue weighted by molar-refractivity contribution is 0.276. The highest BCUT2D eigenvalue weighted by Crippen LogP contribution is 2.32. The van der Waals surface area contributed by atoms with Crippen LogP contribution in [0.5, 0.6) is 0 Å². The lowest BCUT2D eigenvalue weighted by Gasteiger charge is -2.09. The summed E-state index contributed by atoms with van der Waals surface area (Å²) in [5, 5.41) is 10.1. The van der Waals surface area contributed by atoms with Crippen molar-refractivity contribution in [3.05, 3.63) is 52.0 Å². The molecule has 2 nitrogen and oxygen atoms in total. The summed E-state index contributed by atoms with van der Waals surface area (Å²) in [6, 6.07) is 4.87. The lowest BCUT2D eigenvalue weighted by Crippen LogP contribution is -1.96. The smallest absolute Gasteiger partial charge is 0.147 e. The fourth-order valence-corrected chi connectivity index (χ4v) is 2.07. The van der Waals surface area contributed by atoms with Crippen LogP contribution >= 0.6 is 23.2 Å². The Morgan fingerprint density at radius 3 is 2.59 bits per heavy atom. The normalized spacial score (nSPS) is 10.6. The summed E-state index contributed by atoms with van der Waals surface area (Å²) in [7, 11) is 0. The number of pyridine rings is 1. The summed E-state index contributed by atoms with van der Waals surface area (Å²) in [5.74, 6) is -0.559. The van der Waals surface area contributed by atoms with Crippen LogP contribution in [0.25, 0.3) is 11.1 Å². The van der Waals surface area contributed by atoms with Gasteiger partial charge >= 0.3 is 0 Å². The average molecular weight is 272 g/mol. The van der Waals surface area contributed by atoms with Gasteiger partial charge in [-0.1, -0.05) is 29.3 Å². The molecule has 2 aromatic rings. The second kappa shape index (κ2) is 5.00. The van der Waals surface area contributed by atoms with Crippen molar-refractivity contribution < 1.29 is 9.50 Å².